The van der Waals surface area contributed by atoms with Gasteiger partial charge in [0.1, 0.15) is 5.75 Å². The van der Waals surface area contributed by atoms with E-state index in [4.69, 9.17) is 9.15 Å². The van der Waals surface area contributed by atoms with Gasteiger partial charge in [-0.2, -0.15) is 0 Å². The lowest BCUT2D eigenvalue weighted by molar-refractivity contribution is -0.134. The van der Waals surface area contributed by atoms with Crippen LogP contribution in [0.4, 0.5) is 5.69 Å². The average molecular weight is 449 g/mol. The molecule has 1 aromatic heterocycles. The molecule has 8 heteroatoms. The van der Waals surface area contributed by atoms with E-state index in [0.29, 0.717) is 68.4 Å². The zero-order valence-corrected chi connectivity index (χ0v) is 18.7. The molecular weight excluding hydrogens is 420 g/mol. The molecule has 2 heterocycles. The Hall–Kier alpha value is -3.68. The molecule has 33 heavy (non-hydrogen) atoms. The minimum Gasteiger partial charge on any atom is -0.495 e. The number of hydrogen-bond donors (Lipinski definition) is 1. The lowest BCUT2D eigenvalue weighted by Crippen LogP contribution is -2.41. The van der Waals surface area contributed by atoms with E-state index in [1.807, 2.05) is 59.5 Å². The molecular formula is C25H28N4O4. The van der Waals surface area contributed by atoms with E-state index in [2.05, 4.69) is 15.5 Å². The molecule has 4 rings (SSSR count). The fraction of sp³-hybridized carbons (Fsp3) is 0.360. The minimum absolute atomic E-state index is 0.0304. The molecule has 172 valence electrons. The van der Waals surface area contributed by atoms with Crippen molar-refractivity contribution in [3.05, 3.63) is 60.5 Å². The second-order valence-corrected chi connectivity index (χ2v) is 8.07. The summed E-state index contributed by atoms with van der Waals surface area (Å²) in [5.74, 6) is 1.61. The van der Waals surface area contributed by atoms with Gasteiger partial charge in [0.15, 0.2) is 0 Å². The van der Waals surface area contributed by atoms with Crippen LogP contribution in [0.2, 0.25) is 0 Å². The summed E-state index contributed by atoms with van der Waals surface area (Å²) in [6.07, 6.45) is 2.92. The molecule has 1 fully saturated rings. The molecule has 1 N–H and O–H groups in total. The number of methoxy groups -OCH3 is 1. The maximum Gasteiger partial charge on any atom is 0.247 e. The highest BCUT2D eigenvalue weighted by Crippen LogP contribution is 2.26. The van der Waals surface area contributed by atoms with E-state index in [9.17, 15) is 9.59 Å². The third kappa shape index (κ3) is 5.77. The van der Waals surface area contributed by atoms with E-state index in [-0.39, 0.29) is 17.7 Å². The Morgan fingerprint density at radius 2 is 1.79 bits per heavy atom. The maximum atomic E-state index is 12.7. The van der Waals surface area contributed by atoms with Gasteiger partial charge < -0.3 is 19.4 Å². The number of aromatic nitrogens is 2. The minimum atomic E-state index is -0.117. The summed E-state index contributed by atoms with van der Waals surface area (Å²) in [4.78, 5) is 27.1. The van der Waals surface area contributed by atoms with Gasteiger partial charge in [-0.1, -0.05) is 30.3 Å². The van der Waals surface area contributed by atoms with Crippen LogP contribution in [0, 0.1) is 5.92 Å². The summed E-state index contributed by atoms with van der Waals surface area (Å²) in [6.45, 7) is 1.17. The summed E-state index contributed by atoms with van der Waals surface area (Å²) in [5, 5.41) is 11.1. The highest BCUT2D eigenvalue weighted by atomic mass is 16.5. The first-order chi connectivity index (χ1) is 16.1. The van der Waals surface area contributed by atoms with Gasteiger partial charge in [-0.15, -0.1) is 10.2 Å². The van der Waals surface area contributed by atoms with Gasteiger partial charge in [-0.25, -0.2) is 0 Å². The summed E-state index contributed by atoms with van der Waals surface area (Å²) in [5.41, 5.74) is 1.55. The average Bonchev–Trinajstić information content (AvgIpc) is 3.34. The first-order valence-corrected chi connectivity index (χ1v) is 11.2. The van der Waals surface area contributed by atoms with Crippen molar-refractivity contribution in [1.82, 2.24) is 15.1 Å². The van der Waals surface area contributed by atoms with Crippen molar-refractivity contribution in [2.45, 2.75) is 32.1 Å². The number of carbonyl (C=O) groups is 2. The number of para-hydroxylation sites is 2. The zero-order chi connectivity index (χ0) is 23.0. The summed E-state index contributed by atoms with van der Waals surface area (Å²) >= 11 is 0. The normalized spacial score (nSPS) is 14.2. The van der Waals surface area contributed by atoms with Crippen LogP contribution >= 0.6 is 0 Å². The Labute approximate surface area is 193 Å². The molecule has 0 saturated carbocycles. The van der Waals surface area contributed by atoms with Crippen molar-refractivity contribution in [3.63, 3.8) is 0 Å². The summed E-state index contributed by atoms with van der Waals surface area (Å²) < 4.78 is 11.0. The third-order valence-electron chi connectivity index (χ3n) is 5.85. The molecule has 8 nitrogen and oxygen atoms in total. The van der Waals surface area contributed by atoms with Gasteiger partial charge in [0.25, 0.3) is 0 Å². The number of piperidine rings is 1. The van der Waals surface area contributed by atoms with Crippen molar-refractivity contribution < 1.29 is 18.7 Å². The Morgan fingerprint density at radius 3 is 2.55 bits per heavy atom. The van der Waals surface area contributed by atoms with Crippen LogP contribution in [0.1, 0.15) is 31.6 Å². The lowest BCUT2D eigenvalue weighted by atomic mass is 9.95. The molecule has 1 saturated heterocycles. The lowest BCUT2D eigenvalue weighted by Gasteiger charge is -2.31. The standard InChI is InChI=1S/C25H28N4O4/c1-32-21-11-6-5-10-20(21)26-24(31)18-14-16-29(17-15-18)23(30)13-7-12-22-27-28-25(33-22)19-8-3-2-4-9-19/h2-6,8-11,18H,7,12-17H2,1H3,(H,26,31). The van der Waals surface area contributed by atoms with Gasteiger partial charge in [-0.05, 0) is 43.5 Å². The van der Waals surface area contributed by atoms with Crippen molar-refractivity contribution >= 4 is 17.5 Å². The van der Waals surface area contributed by atoms with Crippen molar-refractivity contribution in [2.24, 2.45) is 5.92 Å². The number of rotatable bonds is 8. The molecule has 0 bridgehead atoms. The highest BCUT2D eigenvalue weighted by molar-refractivity contribution is 5.94. The van der Waals surface area contributed by atoms with Crippen molar-refractivity contribution in [3.8, 4) is 17.2 Å². The Morgan fingerprint density at radius 1 is 1.06 bits per heavy atom. The molecule has 0 spiro atoms. The number of amides is 2. The number of aryl methyl sites for hydroxylation is 1. The van der Waals surface area contributed by atoms with E-state index in [1.54, 1.807) is 7.11 Å². The molecule has 1 aliphatic heterocycles. The van der Waals surface area contributed by atoms with Gasteiger partial charge in [0.2, 0.25) is 23.6 Å². The second-order valence-electron chi connectivity index (χ2n) is 8.07. The van der Waals surface area contributed by atoms with Crippen molar-refractivity contribution in [2.75, 3.05) is 25.5 Å². The quantitative estimate of drug-likeness (QED) is 0.560. The molecule has 0 aliphatic carbocycles. The number of carbonyl (C=O) groups excluding carboxylic acids is 2. The Bertz CT molecular complexity index is 1070. The van der Waals surface area contributed by atoms with Crippen LogP contribution in [0.5, 0.6) is 5.75 Å². The summed E-state index contributed by atoms with van der Waals surface area (Å²) in [7, 11) is 1.58. The molecule has 2 aromatic carbocycles. The molecule has 0 unspecified atom stereocenters. The number of anilines is 1. The predicted octanol–water partition coefficient (Wildman–Crippen LogP) is 3.95. The van der Waals surface area contributed by atoms with E-state index in [0.717, 1.165) is 5.56 Å². The molecule has 0 atom stereocenters. The second kappa shape index (κ2) is 10.8. The van der Waals surface area contributed by atoms with Crippen LogP contribution in [0.15, 0.2) is 59.0 Å². The SMILES string of the molecule is COc1ccccc1NC(=O)C1CCN(C(=O)CCCc2nnc(-c3ccccc3)o2)CC1. The molecule has 3 aromatic rings. The summed E-state index contributed by atoms with van der Waals surface area (Å²) in [6, 6.07) is 17.0. The van der Waals surface area contributed by atoms with Crippen LogP contribution in [-0.2, 0) is 16.0 Å². The number of likely N-dealkylation sites (tertiary alicyclic amines) is 1. The fourth-order valence-corrected chi connectivity index (χ4v) is 3.97. The topological polar surface area (TPSA) is 97.6 Å². The number of nitrogens with zero attached hydrogens (tertiary/aromatic N) is 3. The fourth-order valence-electron chi connectivity index (χ4n) is 3.97. The van der Waals surface area contributed by atoms with Crippen LogP contribution in [0.3, 0.4) is 0 Å². The van der Waals surface area contributed by atoms with Gasteiger partial charge in [0.05, 0.1) is 12.8 Å². The third-order valence-corrected chi connectivity index (χ3v) is 5.85. The van der Waals surface area contributed by atoms with Crippen LogP contribution in [-0.4, -0.2) is 47.1 Å². The first kappa shape index (κ1) is 22.5. The van der Waals surface area contributed by atoms with E-state index >= 15 is 0 Å². The molecule has 0 radical (unpaired) electrons. The van der Waals surface area contributed by atoms with Gasteiger partial charge >= 0.3 is 0 Å². The zero-order valence-electron chi connectivity index (χ0n) is 18.7. The van der Waals surface area contributed by atoms with Crippen molar-refractivity contribution in [1.29, 1.82) is 0 Å². The van der Waals surface area contributed by atoms with Gasteiger partial charge in [0, 0.05) is 37.4 Å². The molecule has 1 aliphatic rings. The van der Waals surface area contributed by atoms with Crippen LogP contribution < -0.4 is 10.1 Å². The number of hydrogen-bond acceptors (Lipinski definition) is 6. The van der Waals surface area contributed by atoms with E-state index < -0.39 is 0 Å². The van der Waals surface area contributed by atoms with E-state index in [1.165, 1.54) is 0 Å². The first-order valence-electron chi connectivity index (χ1n) is 11.2. The predicted molar refractivity (Wildman–Crippen MR) is 124 cm³/mol. The maximum absolute atomic E-state index is 12.7. The smallest absolute Gasteiger partial charge is 0.247 e. The monoisotopic (exact) mass is 448 g/mol. The van der Waals surface area contributed by atoms with Gasteiger partial charge in [-0.3, -0.25) is 9.59 Å². The number of benzene rings is 2. The van der Waals surface area contributed by atoms with Crippen LogP contribution in [0.25, 0.3) is 11.5 Å². The Balaban J connectivity index is 1.20. The number of ether oxygens (including phenoxy) is 1. The molecule has 2 amide bonds. The number of nitrogens with one attached hydrogen (secondary N) is 1. The Kier molecular flexibility index (Phi) is 7.34. The largest absolute Gasteiger partial charge is 0.495 e. The highest BCUT2D eigenvalue weighted by Gasteiger charge is 2.27.